The summed E-state index contributed by atoms with van der Waals surface area (Å²) in [5, 5.41) is 12.7. The summed E-state index contributed by atoms with van der Waals surface area (Å²) in [6.45, 7) is 10.3. The molecule has 0 fully saturated rings. The van der Waals surface area contributed by atoms with E-state index in [9.17, 15) is 5.11 Å². The molecule has 0 amide bonds. The van der Waals surface area contributed by atoms with Gasteiger partial charge in [0, 0.05) is 12.1 Å². The first kappa shape index (κ1) is 15.0. The molecular weight excluding hydrogens is 226 g/mol. The van der Waals surface area contributed by atoms with Crippen molar-refractivity contribution in [3.63, 3.8) is 0 Å². The number of hydrogen-bond acceptors (Lipinski definition) is 3. The van der Waals surface area contributed by atoms with E-state index in [0.29, 0.717) is 12.5 Å². The Morgan fingerprint density at radius 3 is 2.61 bits per heavy atom. The third kappa shape index (κ3) is 5.07. The summed E-state index contributed by atoms with van der Waals surface area (Å²) in [7, 11) is 0. The van der Waals surface area contributed by atoms with Crippen LogP contribution in [0.1, 0.15) is 31.9 Å². The minimum atomic E-state index is -0.443. The molecule has 2 N–H and O–H groups in total. The van der Waals surface area contributed by atoms with Gasteiger partial charge in [0.25, 0.3) is 0 Å². The quantitative estimate of drug-likeness (QED) is 0.782. The fourth-order valence-corrected chi connectivity index (χ4v) is 1.76. The van der Waals surface area contributed by atoms with Gasteiger partial charge in [-0.1, -0.05) is 32.0 Å². The molecule has 0 aliphatic rings. The summed E-state index contributed by atoms with van der Waals surface area (Å²) in [6.07, 6.45) is -0.443. The molecule has 0 heterocycles. The fraction of sp³-hybridized carbons (Fsp3) is 0.600. The lowest BCUT2D eigenvalue weighted by atomic mass is 10.1. The van der Waals surface area contributed by atoms with E-state index in [0.717, 1.165) is 30.0 Å². The molecule has 0 radical (unpaired) electrons. The van der Waals surface area contributed by atoms with Crippen LogP contribution in [0, 0.1) is 12.8 Å². The molecule has 0 bridgehead atoms. The van der Waals surface area contributed by atoms with Crippen LogP contribution >= 0.6 is 0 Å². The van der Waals surface area contributed by atoms with Gasteiger partial charge < -0.3 is 15.2 Å². The van der Waals surface area contributed by atoms with Crippen molar-refractivity contribution in [1.82, 2.24) is 5.32 Å². The second-order valence-electron chi connectivity index (χ2n) is 5.25. The highest BCUT2D eigenvalue weighted by Gasteiger charge is 2.08. The number of para-hydroxylation sites is 1. The Labute approximate surface area is 110 Å². The third-order valence-electron chi connectivity index (χ3n) is 2.63. The zero-order chi connectivity index (χ0) is 13.5. The normalized spacial score (nSPS) is 12.8. The van der Waals surface area contributed by atoms with Gasteiger partial charge in [-0.25, -0.2) is 0 Å². The number of aliphatic hydroxyl groups excluding tert-OH is 1. The molecule has 1 aromatic rings. The highest BCUT2D eigenvalue weighted by atomic mass is 16.5. The number of hydrogen-bond donors (Lipinski definition) is 2. The van der Waals surface area contributed by atoms with Crippen LogP contribution in [-0.4, -0.2) is 24.4 Å². The summed E-state index contributed by atoms with van der Waals surface area (Å²) >= 11 is 0. The highest BCUT2D eigenvalue weighted by Crippen LogP contribution is 2.23. The van der Waals surface area contributed by atoms with Gasteiger partial charge in [0.1, 0.15) is 12.4 Å². The van der Waals surface area contributed by atoms with Crippen LogP contribution in [0.5, 0.6) is 5.75 Å². The number of nitrogens with one attached hydrogen (secondary N) is 1. The molecule has 0 aromatic heterocycles. The molecule has 1 atom stereocenters. The maximum atomic E-state index is 9.30. The molecule has 0 spiro atoms. The molecule has 102 valence electrons. The van der Waals surface area contributed by atoms with Gasteiger partial charge in [-0.3, -0.25) is 0 Å². The smallest absolute Gasteiger partial charge is 0.126 e. The summed E-state index contributed by atoms with van der Waals surface area (Å²) in [4.78, 5) is 0. The number of rotatable bonds is 7. The molecule has 0 aliphatic heterocycles. The summed E-state index contributed by atoms with van der Waals surface area (Å²) in [6, 6.07) is 6.14. The van der Waals surface area contributed by atoms with Crippen molar-refractivity contribution in [2.45, 2.75) is 40.3 Å². The van der Waals surface area contributed by atoms with E-state index in [4.69, 9.17) is 4.74 Å². The number of aliphatic hydroxyl groups is 1. The van der Waals surface area contributed by atoms with Crippen molar-refractivity contribution in [3.8, 4) is 5.75 Å². The molecule has 3 nitrogen and oxygen atoms in total. The molecule has 0 saturated heterocycles. The number of ether oxygens (including phenoxy) is 1. The predicted octanol–water partition coefficient (Wildman–Crippen LogP) is 2.50. The van der Waals surface area contributed by atoms with E-state index in [2.05, 4.69) is 25.2 Å². The molecule has 18 heavy (non-hydrogen) atoms. The highest BCUT2D eigenvalue weighted by molar-refractivity contribution is 5.40. The summed E-state index contributed by atoms with van der Waals surface area (Å²) in [5.74, 6) is 1.53. The molecular formula is C15H25NO2. The van der Waals surface area contributed by atoms with Gasteiger partial charge in [0.15, 0.2) is 0 Å². The van der Waals surface area contributed by atoms with E-state index in [1.807, 2.05) is 19.1 Å². The Hall–Kier alpha value is -1.06. The molecule has 0 aliphatic carbocycles. The van der Waals surface area contributed by atoms with Crippen LogP contribution in [-0.2, 0) is 6.54 Å². The van der Waals surface area contributed by atoms with Crippen LogP contribution in [0.15, 0.2) is 18.2 Å². The Bertz CT molecular complexity index is 362. The van der Waals surface area contributed by atoms with E-state index in [1.165, 1.54) is 0 Å². The van der Waals surface area contributed by atoms with Crippen molar-refractivity contribution < 1.29 is 9.84 Å². The first-order chi connectivity index (χ1) is 8.50. The molecule has 1 rings (SSSR count). The van der Waals surface area contributed by atoms with E-state index in [1.54, 1.807) is 6.92 Å². The first-order valence-corrected chi connectivity index (χ1v) is 6.60. The van der Waals surface area contributed by atoms with E-state index in [-0.39, 0.29) is 0 Å². The van der Waals surface area contributed by atoms with Gasteiger partial charge in [0.2, 0.25) is 0 Å². The fourth-order valence-electron chi connectivity index (χ4n) is 1.76. The Morgan fingerprint density at radius 1 is 1.28 bits per heavy atom. The lowest BCUT2D eigenvalue weighted by molar-refractivity contribution is 0.121. The van der Waals surface area contributed by atoms with Crippen LogP contribution in [0.2, 0.25) is 0 Å². The minimum absolute atomic E-state index is 0.335. The zero-order valence-corrected chi connectivity index (χ0v) is 11.9. The topological polar surface area (TPSA) is 41.5 Å². The summed E-state index contributed by atoms with van der Waals surface area (Å²) < 4.78 is 5.70. The Kier molecular flexibility index (Phi) is 6.16. The Morgan fingerprint density at radius 2 is 2.00 bits per heavy atom. The van der Waals surface area contributed by atoms with Crippen molar-refractivity contribution in [3.05, 3.63) is 29.3 Å². The minimum Gasteiger partial charge on any atom is -0.490 e. The molecule has 0 saturated carbocycles. The monoisotopic (exact) mass is 251 g/mol. The Balaban J connectivity index is 2.67. The second-order valence-corrected chi connectivity index (χ2v) is 5.25. The number of aryl methyl sites for hydroxylation is 1. The third-order valence-corrected chi connectivity index (χ3v) is 2.63. The van der Waals surface area contributed by atoms with Gasteiger partial charge in [0.05, 0.1) is 6.10 Å². The van der Waals surface area contributed by atoms with Crippen molar-refractivity contribution >= 4 is 0 Å². The predicted molar refractivity (Wildman–Crippen MR) is 74.9 cm³/mol. The van der Waals surface area contributed by atoms with Crippen molar-refractivity contribution in [1.29, 1.82) is 0 Å². The first-order valence-electron chi connectivity index (χ1n) is 6.60. The van der Waals surface area contributed by atoms with E-state index < -0.39 is 6.10 Å². The lowest BCUT2D eigenvalue weighted by Crippen LogP contribution is -2.20. The van der Waals surface area contributed by atoms with Crippen molar-refractivity contribution in [2.24, 2.45) is 5.92 Å². The van der Waals surface area contributed by atoms with Crippen LogP contribution in [0.25, 0.3) is 0 Å². The van der Waals surface area contributed by atoms with Crippen LogP contribution < -0.4 is 10.1 Å². The second kappa shape index (κ2) is 7.39. The van der Waals surface area contributed by atoms with Gasteiger partial charge in [-0.05, 0) is 31.9 Å². The van der Waals surface area contributed by atoms with Crippen LogP contribution in [0.3, 0.4) is 0 Å². The van der Waals surface area contributed by atoms with Gasteiger partial charge in [-0.2, -0.15) is 0 Å². The lowest BCUT2D eigenvalue weighted by Gasteiger charge is -2.16. The van der Waals surface area contributed by atoms with E-state index >= 15 is 0 Å². The number of benzene rings is 1. The SMILES string of the molecule is Cc1cccc(CNCC(C)C)c1OCC(C)O. The van der Waals surface area contributed by atoms with Gasteiger partial charge in [-0.15, -0.1) is 0 Å². The summed E-state index contributed by atoms with van der Waals surface area (Å²) in [5.41, 5.74) is 2.26. The maximum Gasteiger partial charge on any atom is 0.126 e. The average Bonchev–Trinajstić information content (AvgIpc) is 2.27. The van der Waals surface area contributed by atoms with Gasteiger partial charge >= 0.3 is 0 Å². The largest absolute Gasteiger partial charge is 0.490 e. The molecule has 1 aromatic carbocycles. The standard InChI is InChI=1S/C15H25NO2/c1-11(2)8-16-9-14-7-5-6-12(3)15(14)18-10-13(4)17/h5-7,11,13,16-17H,8-10H2,1-4H3. The van der Waals surface area contributed by atoms with Crippen molar-refractivity contribution in [2.75, 3.05) is 13.2 Å². The van der Waals surface area contributed by atoms with Crippen LogP contribution in [0.4, 0.5) is 0 Å². The molecule has 1 unspecified atom stereocenters. The zero-order valence-electron chi connectivity index (χ0n) is 11.9. The molecule has 3 heteroatoms. The maximum absolute atomic E-state index is 9.30. The average molecular weight is 251 g/mol.